The molecule has 0 saturated carbocycles. The zero-order valence-corrected chi connectivity index (χ0v) is 13.2. The minimum Gasteiger partial charge on any atom is -0.480 e. The van der Waals surface area contributed by atoms with E-state index in [2.05, 4.69) is 15.6 Å². The number of unbranched alkanes of at least 4 members (excludes halogenated alkanes) is 1. The van der Waals surface area contributed by atoms with Crippen LogP contribution < -0.4 is 5.32 Å². The van der Waals surface area contributed by atoms with Gasteiger partial charge in [-0.25, -0.2) is 4.79 Å². The molecule has 8 nitrogen and oxygen atoms in total. The number of carboxylic acid groups (broad SMARTS) is 1. The second-order valence-corrected chi connectivity index (χ2v) is 5.40. The molecule has 0 aromatic carbocycles. The van der Waals surface area contributed by atoms with Gasteiger partial charge in [0.15, 0.2) is 11.5 Å². The van der Waals surface area contributed by atoms with Gasteiger partial charge >= 0.3 is 5.97 Å². The van der Waals surface area contributed by atoms with Gasteiger partial charge in [0.1, 0.15) is 12.6 Å². The molecule has 0 fully saturated rings. The summed E-state index contributed by atoms with van der Waals surface area (Å²) in [5.74, 6) is -1.14. The zero-order valence-electron chi connectivity index (χ0n) is 13.2. The number of aromatic nitrogens is 3. The molecule has 2 aromatic heterocycles. The number of carbonyl (C=O) groups is 2. The van der Waals surface area contributed by atoms with Crippen molar-refractivity contribution in [1.29, 1.82) is 0 Å². The summed E-state index contributed by atoms with van der Waals surface area (Å²) in [5.41, 5.74) is 1.08. The van der Waals surface area contributed by atoms with Crippen LogP contribution in [0.5, 0.6) is 0 Å². The highest BCUT2D eigenvalue weighted by Gasteiger charge is 2.22. The van der Waals surface area contributed by atoms with Crippen molar-refractivity contribution < 1.29 is 19.2 Å². The molecule has 0 aliphatic carbocycles. The summed E-state index contributed by atoms with van der Waals surface area (Å²) in [4.78, 5) is 23.2. The SMILES string of the molecule is CCCCC(NC(=O)c1cc(Cn2cc(C)cn2)on1)C(=O)O. The normalized spacial score (nSPS) is 12.1. The van der Waals surface area contributed by atoms with Gasteiger partial charge < -0.3 is 14.9 Å². The van der Waals surface area contributed by atoms with Crippen LogP contribution in [-0.2, 0) is 11.3 Å². The van der Waals surface area contributed by atoms with Crippen molar-refractivity contribution in [2.75, 3.05) is 0 Å². The maximum absolute atomic E-state index is 12.1. The lowest BCUT2D eigenvalue weighted by Gasteiger charge is -2.12. The number of rotatable bonds is 8. The molecule has 0 aliphatic heterocycles. The van der Waals surface area contributed by atoms with Crippen LogP contribution in [0, 0.1) is 6.92 Å². The third-order valence-corrected chi connectivity index (χ3v) is 3.32. The van der Waals surface area contributed by atoms with Crippen molar-refractivity contribution >= 4 is 11.9 Å². The monoisotopic (exact) mass is 320 g/mol. The molecule has 0 spiro atoms. The van der Waals surface area contributed by atoms with Crippen LogP contribution in [0.2, 0.25) is 0 Å². The Kier molecular flexibility index (Phi) is 5.51. The summed E-state index contributed by atoms with van der Waals surface area (Å²) in [6.45, 7) is 4.24. The predicted octanol–water partition coefficient (Wildman–Crippen LogP) is 1.60. The van der Waals surface area contributed by atoms with E-state index in [0.29, 0.717) is 18.7 Å². The van der Waals surface area contributed by atoms with E-state index in [0.717, 1.165) is 18.4 Å². The smallest absolute Gasteiger partial charge is 0.326 e. The summed E-state index contributed by atoms with van der Waals surface area (Å²) in [6, 6.07) is 0.571. The lowest BCUT2D eigenvalue weighted by molar-refractivity contribution is -0.139. The number of nitrogens with one attached hydrogen (secondary N) is 1. The average Bonchev–Trinajstić information content (AvgIpc) is 3.12. The molecule has 2 heterocycles. The van der Waals surface area contributed by atoms with Crippen LogP contribution in [0.3, 0.4) is 0 Å². The second kappa shape index (κ2) is 7.57. The third kappa shape index (κ3) is 4.67. The van der Waals surface area contributed by atoms with Gasteiger partial charge in [-0.2, -0.15) is 5.10 Å². The van der Waals surface area contributed by atoms with E-state index in [1.807, 2.05) is 20.0 Å². The van der Waals surface area contributed by atoms with Crippen molar-refractivity contribution in [2.24, 2.45) is 0 Å². The highest BCUT2D eigenvalue weighted by atomic mass is 16.5. The van der Waals surface area contributed by atoms with Crippen molar-refractivity contribution in [3.63, 3.8) is 0 Å². The fourth-order valence-corrected chi connectivity index (χ4v) is 2.11. The molecule has 124 valence electrons. The molecular weight excluding hydrogens is 300 g/mol. The first-order valence-electron chi connectivity index (χ1n) is 7.48. The van der Waals surface area contributed by atoms with E-state index in [1.165, 1.54) is 6.07 Å². The van der Waals surface area contributed by atoms with Crippen LogP contribution in [-0.4, -0.2) is 38.0 Å². The minimum absolute atomic E-state index is 0.0617. The van der Waals surface area contributed by atoms with Gasteiger partial charge in [-0.15, -0.1) is 0 Å². The summed E-state index contributed by atoms with van der Waals surface area (Å²) in [6.07, 6.45) is 5.52. The molecule has 8 heteroatoms. The Labute approximate surface area is 133 Å². The minimum atomic E-state index is -1.05. The Morgan fingerprint density at radius 3 is 2.87 bits per heavy atom. The Bertz CT molecular complexity index is 677. The molecule has 2 rings (SSSR count). The van der Waals surface area contributed by atoms with Crippen LogP contribution in [0.25, 0.3) is 0 Å². The molecule has 0 saturated heterocycles. The maximum Gasteiger partial charge on any atom is 0.326 e. The van der Waals surface area contributed by atoms with Crippen LogP contribution in [0.4, 0.5) is 0 Å². The number of aliphatic carboxylic acids is 1. The van der Waals surface area contributed by atoms with Crippen LogP contribution in [0.15, 0.2) is 23.0 Å². The van der Waals surface area contributed by atoms with E-state index in [-0.39, 0.29) is 5.69 Å². The lowest BCUT2D eigenvalue weighted by atomic mass is 10.1. The summed E-state index contributed by atoms with van der Waals surface area (Å²) >= 11 is 0. The highest BCUT2D eigenvalue weighted by Crippen LogP contribution is 2.08. The Morgan fingerprint density at radius 1 is 1.48 bits per heavy atom. The molecule has 23 heavy (non-hydrogen) atoms. The molecule has 0 radical (unpaired) electrons. The van der Waals surface area contributed by atoms with E-state index in [9.17, 15) is 9.59 Å². The zero-order chi connectivity index (χ0) is 16.8. The molecular formula is C15H20N4O4. The van der Waals surface area contributed by atoms with Crippen molar-refractivity contribution in [1.82, 2.24) is 20.3 Å². The Balaban J connectivity index is 1.98. The molecule has 1 atom stereocenters. The summed E-state index contributed by atoms with van der Waals surface area (Å²) in [5, 5.41) is 19.4. The van der Waals surface area contributed by atoms with Crippen LogP contribution >= 0.6 is 0 Å². The number of hydrogen-bond acceptors (Lipinski definition) is 5. The standard InChI is InChI=1S/C15H20N4O4/c1-3-4-5-12(15(21)22)17-14(20)13-6-11(23-18-13)9-19-8-10(2)7-16-19/h6-8,12H,3-5,9H2,1-2H3,(H,17,20)(H,21,22). The quantitative estimate of drug-likeness (QED) is 0.764. The number of nitrogens with zero attached hydrogens (tertiary/aromatic N) is 3. The second-order valence-electron chi connectivity index (χ2n) is 5.40. The summed E-state index contributed by atoms with van der Waals surface area (Å²) in [7, 11) is 0. The molecule has 2 N–H and O–H groups in total. The lowest BCUT2D eigenvalue weighted by Crippen LogP contribution is -2.40. The number of amides is 1. The molecule has 0 bridgehead atoms. The number of carbonyl (C=O) groups excluding carboxylic acids is 1. The van der Waals surface area contributed by atoms with Gasteiger partial charge in [-0.3, -0.25) is 9.48 Å². The Hall–Kier alpha value is -2.64. The van der Waals surface area contributed by atoms with Gasteiger partial charge in [-0.05, 0) is 18.9 Å². The fraction of sp³-hybridized carbons (Fsp3) is 0.467. The van der Waals surface area contributed by atoms with Gasteiger partial charge in [0.05, 0.1) is 6.20 Å². The van der Waals surface area contributed by atoms with Crippen LogP contribution in [0.1, 0.15) is 48.0 Å². The number of hydrogen-bond donors (Lipinski definition) is 2. The van der Waals surface area contributed by atoms with Gasteiger partial charge in [-0.1, -0.05) is 24.9 Å². The highest BCUT2D eigenvalue weighted by molar-refractivity contribution is 5.94. The maximum atomic E-state index is 12.1. The largest absolute Gasteiger partial charge is 0.480 e. The first kappa shape index (κ1) is 16.7. The number of carboxylic acids is 1. The fourth-order valence-electron chi connectivity index (χ4n) is 2.11. The molecule has 2 aromatic rings. The first-order chi connectivity index (χ1) is 11.0. The molecule has 1 amide bonds. The van der Waals surface area contributed by atoms with E-state index in [1.54, 1.807) is 10.9 Å². The first-order valence-corrected chi connectivity index (χ1v) is 7.48. The van der Waals surface area contributed by atoms with Gasteiger partial charge in [0, 0.05) is 12.3 Å². The summed E-state index contributed by atoms with van der Waals surface area (Å²) < 4.78 is 6.77. The van der Waals surface area contributed by atoms with Crippen molar-refractivity contribution in [3.05, 3.63) is 35.5 Å². The predicted molar refractivity (Wildman–Crippen MR) is 81.0 cm³/mol. The topological polar surface area (TPSA) is 110 Å². The van der Waals surface area contributed by atoms with Gasteiger partial charge in [0.2, 0.25) is 0 Å². The number of aryl methyl sites for hydroxylation is 1. The van der Waals surface area contributed by atoms with E-state index >= 15 is 0 Å². The molecule has 0 aliphatic rings. The van der Waals surface area contributed by atoms with Crippen molar-refractivity contribution in [3.8, 4) is 0 Å². The average molecular weight is 320 g/mol. The molecule has 1 unspecified atom stereocenters. The van der Waals surface area contributed by atoms with Gasteiger partial charge in [0.25, 0.3) is 5.91 Å². The van der Waals surface area contributed by atoms with E-state index in [4.69, 9.17) is 9.63 Å². The van der Waals surface area contributed by atoms with E-state index < -0.39 is 17.9 Å². The Morgan fingerprint density at radius 2 is 2.26 bits per heavy atom. The van der Waals surface area contributed by atoms with Crippen molar-refractivity contribution in [2.45, 2.75) is 45.7 Å². The third-order valence-electron chi connectivity index (χ3n) is 3.32.